The van der Waals surface area contributed by atoms with E-state index >= 15 is 0 Å². The maximum Gasteiger partial charge on any atom is 0.328 e. The van der Waals surface area contributed by atoms with Crippen molar-refractivity contribution < 1.29 is 23.9 Å². The monoisotopic (exact) mass is 322 g/mol. The molecule has 0 fully saturated rings. The van der Waals surface area contributed by atoms with Gasteiger partial charge in [0.05, 0.1) is 14.2 Å². The molecular formula is C16H22N2O5. The molecule has 2 atom stereocenters. The first-order chi connectivity index (χ1) is 11.0. The Kier molecular flexibility index (Phi) is 7.73. The van der Waals surface area contributed by atoms with Crippen LogP contribution in [-0.2, 0) is 19.1 Å². The minimum absolute atomic E-state index is 0.169. The highest BCUT2D eigenvalue weighted by atomic mass is 16.5. The molecule has 0 radical (unpaired) electrons. The molecule has 0 saturated carbocycles. The Hall–Kier alpha value is -2.44. The summed E-state index contributed by atoms with van der Waals surface area (Å²) in [6.07, 6.45) is 2.67. The van der Waals surface area contributed by atoms with Gasteiger partial charge >= 0.3 is 11.9 Å². The molecule has 1 N–H and O–H groups in total. The number of carbonyl (C=O) groups is 3. The van der Waals surface area contributed by atoms with Crippen LogP contribution < -0.4 is 5.32 Å². The van der Waals surface area contributed by atoms with Gasteiger partial charge in [-0.05, 0) is 24.5 Å². The Labute approximate surface area is 135 Å². The molecule has 1 aromatic heterocycles. The van der Waals surface area contributed by atoms with Crippen LogP contribution in [0.5, 0.6) is 0 Å². The molecule has 0 spiro atoms. The molecule has 0 aliphatic rings. The van der Waals surface area contributed by atoms with Gasteiger partial charge in [-0.15, -0.1) is 0 Å². The number of hydrogen-bond acceptors (Lipinski definition) is 6. The molecular weight excluding hydrogens is 300 g/mol. The van der Waals surface area contributed by atoms with Crippen molar-refractivity contribution >= 4 is 17.8 Å². The van der Waals surface area contributed by atoms with Crippen molar-refractivity contribution in [3.05, 3.63) is 30.1 Å². The van der Waals surface area contributed by atoms with Crippen LogP contribution in [-0.4, -0.2) is 43.1 Å². The number of hydrogen-bond donors (Lipinski definition) is 1. The summed E-state index contributed by atoms with van der Waals surface area (Å²) in [5, 5.41) is 2.65. The maximum absolute atomic E-state index is 12.2. The average molecular weight is 322 g/mol. The van der Waals surface area contributed by atoms with Crippen LogP contribution in [0, 0.1) is 5.92 Å². The summed E-state index contributed by atoms with van der Waals surface area (Å²) >= 11 is 0. The van der Waals surface area contributed by atoms with E-state index in [1.54, 1.807) is 18.2 Å². The summed E-state index contributed by atoms with van der Waals surface area (Å²) in [5.74, 6) is -1.61. The molecule has 0 aliphatic heterocycles. The summed E-state index contributed by atoms with van der Waals surface area (Å²) in [6.45, 7) is 1.88. The van der Waals surface area contributed by atoms with Gasteiger partial charge in [0.2, 0.25) is 0 Å². The first kappa shape index (κ1) is 18.6. The molecule has 0 bridgehead atoms. The minimum atomic E-state index is -0.843. The van der Waals surface area contributed by atoms with Crippen LogP contribution >= 0.6 is 0 Å². The molecule has 1 amide bonds. The van der Waals surface area contributed by atoms with Crippen molar-refractivity contribution in [1.29, 1.82) is 0 Å². The zero-order valence-corrected chi connectivity index (χ0v) is 13.6. The first-order valence-electron chi connectivity index (χ1n) is 7.40. The predicted molar refractivity (Wildman–Crippen MR) is 82.5 cm³/mol. The number of carbonyl (C=O) groups excluding carboxylic acids is 3. The summed E-state index contributed by atoms with van der Waals surface area (Å²) in [6, 6.07) is 4.09. The Morgan fingerprint density at radius 2 is 1.96 bits per heavy atom. The van der Waals surface area contributed by atoms with Crippen LogP contribution in [0.2, 0.25) is 0 Å². The van der Waals surface area contributed by atoms with Crippen LogP contribution in [0.1, 0.15) is 36.7 Å². The van der Waals surface area contributed by atoms with Gasteiger partial charge in [-0.3, -0.25) is 14.6 Å². The van der Waals surface area contributed by atoms with Crippen LogP contribution in [0.25, 0.3) is 0 Å². The molecule has 0 aromatic carbocycles. The Morgan fingerprint density at radius 1 is 1.22 bits per heavy atom. The van der Waals surface area contributed by atoms with Crippen molar-refractivity contribution in [2.45, 2.75) is 32.2 Å². The first-order valence-corrected chi connectivity index (χ1v) is 7.40. The van der Waals surface area contributed by atoms with E-state index in [1.807, 2.05) is 6.92 Å². The Bertz CT molecular complexity index is 533. The van der Waals surface area contributed by atoms with Crippen molar-refractivity contribution in [3.63, 3.8) is 0 Å². The fraction of sp³-hybridized carbons (Fsp3) is 0.500. The van der Waals surface area contributed by atoms with Gasteiger partial charge in [0, 0.05) is 12.6 Å². The number of nitrogens with zero attached hydrogens (tertiary/aromatic N) is 1. The van der Waals surface area contributed by atoms with Gasteiger partial charge in [-0.1, -0.05) is 19.4 Å². The lowest BCUT2D eigenvalue weighted by atomic mass is 9.91. The SMILES string of the molecule is CC[C@H](CCC(=O)OC)[C@H](NC(=O)c1ccccn1)C(=O)OC. The van der Waals surface area contributed by atoms with Crippen LogP contribution in [0.15, 0.2) is 24.4 Å². The predicted octanol–water partition coefficient (Wildman–Crippen LogP) is 1.33. The third-order valence-electron chi connectivity index (χ3n) is 3.58. The van der Waals surface area contributed by atoms with E-state index in [2.05, 4.69) is 15.0 Å². The molecule has 1 aromatic rings. The highest BCUT2D eigenvalue weighted by Crippen LogP contribution is 2.18. The van der Waals surface area contributed by atoms with Gasteiger partial charge in [0.1, 0.15) is 11.7 Å². The normalized spacial score (nSPS) is 12.8. The average Bonchev–Trinajstić information content (AvgIpc) is 2.60. The van der Waals surface area contributed by atoms with Gasteiger partial charge in [-0.2, -0.15) is 0 Å². The van der Waals surface area contributed by atoms with Crippen molar-refractivity contribution in [2.75, 3.05) is 14.2 Å². The van der Waals surface area contributed by atoms with Gasteiger partial charge in [0.25, 0.3) is 5.91 Å². The van der Waals surface area contributed by atoms with Crippen LogP contribution in [0.3, 0.4) is 0 Å². The van der Waals surface area contributed by atoms with E-state index in [9.17, 15) is 14.4 Å². The quantitative estimate of drug-likeness (QED) is 0.726. The topological polar surface area (TPSA) is 94.6 Å². The van der Waals surface area contributed by atoms with E-state index in [-0.39, 0.29) is 24.0 Å². The zero-order valence-electron chi connectivity index (χ0n) is 13.6. The fourth-order valence-corrected chi connectivity index (χ4v) is 2.22. The lowest BCUT2D eigenvalue weighted by Crippen LogP contribution is -2.46. The fourth-order valence-electron chi connectivity index (χ4n) is 2.22. The van der Waals surface area contributed by atoms with E-state index in [4.69, 9.17) is 4.74 Å². The number of aromatic nitrogens is 1. The number of amides is 1. The largest absolute Gasteiger partial charge is 0.469 e. The molecule has 1 rings (SSSR count). The maximum atomic E-state index is 12.2. The third kappa shape index (κ3) is 5.69. The van der Waals surface area contributed by atoms with Gasteiger partial charge in [0.15, 0.2) is 0 Å². The van der Waals surface area contributed by atoms with Gasteiger partial charge in [-0.25, -0.2) is 4.79 Å². The molecule has 0 saturated heterocycles. The second-order valence-electron chi connectivity index (χ2n) is 4.97. The summed E-state index contributed by atoms with van der Waals surface area (Å²) in [4.78, 5) is 39.5. The Balaban J connectivity index is 2.83. The zero-order chi connectivity index (χ0) is 17.2. The molecule has 23 heavy (non-hydrogen) atoms. The van der Waals surface area contributed by atoms with Crippen molar-refractivity contribution in [2.24, 2.45) is 5.92 Å². The lowest BCUT2D eigenvalue weighted by Gasteiger charge is -2.24. The third-order valence-corrected chi connectivity index (χ3v) is 3.58. The molecule has 1 heterocycles. The van der Waals surface area contributed by atoms with Crippen molar-refractivity contribution in [3.8, 4) is 0 Å². The lowest BCUT2D eigenvalue weighted by molar-refractivity contribution is -0.146. The number of ether oxygens (including phenoxy) is 2. The second kappa shape index (κ2) is 9.55. The second-order valence-corrected chi connectivity index (χ2v) is 4.97. The highest BCUT2D eigenvalue weighted by Gasteiger charge is 2.30. The Morgan fingerprint density at radius 3 is 2.48 bits per heavy atom. The van der Waals surface area contributed by atoms with E-state index < -0.39 is 17.9 Å². The standard InChI is InChI=1S/C16H22N2O5/c1-4-11(8-9-13(19)22-2)14(16(21)23-3)18-15(20)12-7-5-6-10-17-12/h5-7,10-11,14H,4,8-9H2,1-3H3,(H,18,20)/t11-,14+/m1/s1. The summed E-state index contributed by atoms with van der Waals surface area (Å²) in [7, 11) is 2.57. The number of methoxy groups -OCH3 is 2. The minimum Gasteiger partial charge on any atom is -0.469 e. The van der Waals surface area contributed by atoms with E-state index in [1.165, 1.54) is 20.4 Å². The van der Waals surface area contributed by atoms with Crippen LogP contribution in [0.4, 0.5) is 0 Å². The number of esters is 2. The van der Waals surface area contributed by atoms with Gasteiger partial charge < -0.3 is 14.8 Å². The number of rotatable bonds is 8. The highest BCUT2D eigenvalue weighted by molar-refractivity contribution is 5.95. The summed E-state index contributed by atoms with van der Waals surface area (Å²) in [5.41, 5.74) is 0.212. The number of nitrogens with one attached hydrogen (secondary N) is 1. The smallest absolute Gasteiger partial charge is 0.328 e. The molecule has 126 valence electrons. The molecule has 0 aliphatic carbocycles. The van der Waals surface area contributed by atoms with E-state index in [0.29, 0.717) is 12.8 Å². The molecule has 7 heteroatoms. The van der Waals surface area contributed by atoms with E-state index in [0.717, 1.165) is 0 Å². The molecule has 0 unspecified atom stereocenters. The van der Waals surface area contributed by atoms with Crippen molar-refractivity contribution in [1.82, 2.24) is 10.3 Å². The number of pyridine rings is 1. The molecule has 7 nitrogen and oxygen atoms in total. The summed E-state index contributed by atoms with van der Waals surface area (Å²) < 4.78 is 9.38.